The fraction of sp³-hybridized carbons (Fsp3) is 0.462. The molecule has 3 nitrogen and oxygen atoms in total. The Morgan fingerprint density at radius 3 is 2.48 bits per heavy atom. The second kappa shape index (κ2) is 6.02. The van der Waals surface area contributed by atoms with E-state index in [0.29, 0.717) is 15.6 Å². The topological polar surface area (TPSA) is 40.5 Å². The highest BCUT2D eigenvalue weighted by Crippen LogP contribution is 2.38. The summed E-state index contributed by atoms with van der Waals surface area (Å²) in [5, 5.41) is 9.74. The minimum absolute atomic E-state index is 0.154. The molecule has 1 aliphatic rings. The van der Waals surface area contributed by atoms with E-state index in [1.807, 2.05) is 0 Å². The molecule has 0 aromatic heterocycles. The molecule has 8 heteroatoms. The monoisotopic (exact) mass is 341 g/mol. The third kappa shape index (κ3) is 3.81. The van der Waals surface area contributed by atoms with E-state index in [1.54, 1.807) is 12.1 Å². The van der Waals surface area contributed by atoms with Crippen molar-refractivity contribution in [3.05, 3.63) is 33.8 Å². The van der Waals surface area contributed by atoms with Crippen molar-refractivity contribution in [2.45, 2.75) is 12.7 Å². The summed E-state index contributed by atoms with van der Waals surface area (Å²) in [6, 6.07) is 4.72. The number of likely N-dealkylation sites (tertiary alicyclic amines) is 1. The number of benzene rings is 1. The van der Waals surface area contributed by atoms with E-state index in [2.05, 4.69) is 0 Å². The maximum Gasteiger partial charge on any atom is 0.393 e. The van der Waals surface area contributed by atoms with Crippen LogP contribution < -0.4 is 0 Å². The lowest BCUT2D eigenvalue weighted by atomic mass is 9.96. The van der Waals surface area contributed by atoms with Crippen LogP contribution in [-0.4, -0.2) is 35.2 Å². The van der Waals surface area contributed by atoms with E-state index in [9.17, 15) is 18.0 Å². The molecule has 2 rings (SSSR count). The van der Waals surface area contributed by atoms with Gasteiger partial charge in [-0.1, -0.05) is 29.3 Å². The summed E-state index contributed by atoms with van der Waals surface area (Å²) >= 11 is 11.7. The summed E-state index contributed by atoms with van der Waals surface area (Å²) in [5.74, 6) is -4.74. The molecule has 1 aromatic rings. The maximum atomic E-state index is 12.9. The van der Waals surface area contributed by atoms with Crippen molar-refractivity contribution in [3.63, 3.8) is 0 Å². The zero-order valence-corrected chi connectivity index (χ0v) is 12.2. The van der Waals surface area contributed by atoms with E-state index in [0.717, 1.165) is 0 Å². The Morgan fingerprint density at radius 1 is 1.33 bits per heavy atom. The predicted octanol–water partition coefficient (Wildman–Crippen LogP) is 3.69. The molecule has 0 unspecified atom stereocenters. The Kier molecular flexibility index (Phi) is 4.70. The molecule has 116 valence electrons. The number of nitrogens with zero attached hydrogens (tertiary/aromatic N) is 1. The van der Waals surface area contributed by atoms with Crippen LogP contribution in [0.1, 0.15) is 5.56 Å². The standard InChI is InChI=1S/C13H12Cl2F3NO2/c14-8-2-1-7(11(15)3-8)4-19-5-9(12(20)21)10(6-19)13(16,17)18/h1-3,9-10H,4-6H2,(H,20,21)/t9-,10-/m1/s1. The van der Waals surface area contributed by atoms with Gasteiger partial charge in [-0.3, -0.25) is 9.69 Å². The summed E-state index contributed by atoms with van der Waals surface area (Å²) in [7, 11) is 0. The number of alkyl halides is 3. The first-order valence-corrected chi connectivity index (χ1v) is 6.90. The van der Waals surface area contributed by atoms with E-state index in [4.69, 9.17) is 28.3 Å². The average molecular weight is 342 g/mol. The van der Waals surface area contributed by atoms with Gasteiger partial charge in [-0.15, -0.1) is 0 Å². The number of carbonyl (C=O) groups is 1. The fourth-order valence-corrected chi connectivity index (χ4v) is 2.96. The van der Waals surface area contributed by atoms with Gasteiger partial charge in [0.2, 0.25) is 0 Å². The second-order valence-electron chi connectivity index (χ2n) is 5.02. The number of carboxylic acid groups (broad SMARTS) is 1. The molecule has 1 aliphatic heterocycles. The lowest BCUT2D eigenvalue weighted by Crippen LogP contribution is -2.33. The van der Waals surface area contributed by atoms with E-state index in [1.165, 1.54) is 11.0 Å². The van der Waals surface area contributed by atoms with Crippen molar-refractivity contribution in [1.82, 2.24) is 4.90 Å². The van der Waals surface area contributed by atoms with Crippen molar-refractivity contribution in [2.75, 3.05) is 13.1 Å². The van der Waals surface area contributed by atoms with Crippen molar-refractivity contribution < 1.29 is 23.1 Å². The number of hydrogen-bond acceptors (Lipinski definition) is 2. The minimum atomic E-state index is -4.53. The Morgan fingerprint density at radius 2 is 2.00 bits per heavy atom. The summed E-state index contributed by atoms with van der Waals surface area (Å²) in [5.41, 5.74) is 0.619. The SMILES string of the molecule is O=C(O)[C@@H]1CN(Cc2ccc(Cl)cc2Cl)C[C@H]1C(F)(F)F. The molecule has 0 spiro atoms. The van der Waals surface area contributed by atoms with Crippen LogP contribution in [0.4, 0.5) is 13.2 Å². The summed E-state index contributed by atoms with van der Waals surface area (Å²) < 4.78 is 38.6. The van der Waals surface area contributed by atoms with Crippen LogP contribution in [0.25, 0.3) is 0 Å². The summed E-state index contributed by atoms with van der Waals surface area (Å²) in [4.78, 5) is 12.4. The number of halogens is 5. The average Bonchev–Trinajstić information content (AvgIpc) is 2.77. The molecule has 0 amide bonds. The Hall–Kier alpha value is -0.980. The van der Waals surface area contributed by atoms with Crippen molar-refractivity contribution in [1.29, 1.82) is 0 Å². The molecule has 1 N–H and O–H groups in total. The van der Waals surface area contributed by atoms with Crippen LogP contribution in [0.2, 0.25) is 10.0 Å². The van der Waals surface area contributed by atoms with Gasteiger partial charge in [-0.05, 0) is 17.7 Å². The highest BCUT2D eigenvalue weighted by Gasteiger charge is 2.52. The molecule has 0 bridgehead atoms. The Labute approximate surface area is 129 Å². The van der Waals surface area contributed by atoms with Gasteiger partial charge in [0, 0.05) is 29.7 Å². The van der Waals surface area contributed by atoms with Gasteiger partial charge >= 0.3 is 12.1 Å². The predicted molar refractivity (Wildman–Crippen MR) is 72.4 cm³/mol. The van der Waals surface area contributed by atoms with Crippen molar-refractivity contribution in [2.24, 2.45) is 11.8 Å². The third-order valence-corrected chi connectivity index (χ3v) is 4.13. The molecule has 21 heavy (non-hydrogen) atoms. The molecule has 1 heterocycles. The number of aliphatic carboxylic acids is 1. The summed E-state index contributed by atoms with van der Waals surface area (Å²) in [6.07, 6.45) is -4.53. The lowest BCUT2D eigenvalue weighted by molar-refractivity contribution is -0.188. The lowest BCUT2D eigenvalue weighted by Gasteiger charge is -2.18. The molecule has 1 saturated heterocycles. The minimum Gasteiger partial charge on any atom is -0.481 e. The molecule has 2 atom stereocenters. The fourth-order valence-electron chi connectivity index (χ4n) is 2.49. The molecule has 1 aromatic carbocycles. The van der Waals surface area contributed by atoms with Crippen LogP contribution >= 0.6 is 23.2 Å². The van der Waals surface area contributed by atoms with Gasteiger partial charge in [-0.25, -0.2) is 0 Å². The Balaban J connectivity index is 2.14. The summed E-state index contributed by atoms with van der Waals surface area (Å²) in [6.45, 7) is -0.343. The van der Waals surface area contributed by atoms with Gasteiger partial charge in [0.25, 0.3) is 0 Å². The van der Waals surface area contributed by atoms with Gasteiger partial charge in [0.15, 0.2) is 0 Å². The molecule has 0 saturated carbocycles. The van der Waals surface area contributed by atoms with Gasteiger partial charge in [-0.2, -0.15) is 13.2 Å². The van der Waals surface area contributed by atoms with E-state index in [-0.39, 0.29) is 19.6 Å². The smallest absolute Gasteiger partial charge is 0.393 e. The maximum absolute atomic E-state index is 12.9. The largest absolute Gasteiger partial charge is 0.481 e. The number of carboxylic acids is 1. The zero-order valence-electron chi connectivity index (χ0n) is 10.7. The van der Waals surface area contributed by atoms with Crippen LogP contribution in [0, 0.1) is 11.8 Å². The molecular weight excluding hydrogens is 330 g/mol. The molecule has 0 aliphatic carbocycles. The third-order valence-electron chi connectivity index (χ3n) is 3.54. The number of rotatable bonds is 3. The number of hydrogen-bond donors (Lipinski definition) is 1. The molecule has 0 radical (unpaired) electrons. The first-order valence-electron chi connectivity index (χ1n) is 6.14. The first kappa shape index (κ1) is 16.4. The van der Waals surface area contributed by atoms with E-state index < -0.39 is 24.0 Å². The van der Waals surface area contributed by atoms with Crippen LogP contribution in [-0.2, 0) is 11.3 Å². The van der Waals surface area contributed by atoms with Crippen LogP contribution in [0.15, 0.2) is 18.2 Å². The zero-order chi connectivity index (χ0) is 15.8. The highest BCUT2D eigenvalue weighted by molar-refractivity contribution is 6.35. The van der Waals surface area contributed by atoms with Crippen molar-refractivity contribution in [3.8, 4) is 0 Å². The quantitative estimate of drug-likeness (QED) is 0.911. The van der Waals surface area contributed by atoms with E-state index >= 15 is 0 Å². The highest BCUT2D eigenvalue weighted by atomic mass is 35.5. The van der Waals surface area contributed by atoms with Gasteiger partial charge in [0.05, 0.1) is 11.8 Å². The van der Waals surface area contributed by atoms with Crippen LogP contribution in [0.3, 0.4) is 0 Å². The molecule has 1 fully saturated rings. The van der Waals surface area contributed by atoms with Crippen LogP contribution in [0.5, 0.6) is 0 Å². The second-order valence-corrected chi connectivity index (χ2v) is 5.87. The first-order chi connectivity index (χ1) is 9.68. The van der Waals surface area contributed by atoms with Gasteiger partial charge < -0.3 is 5.11 Å². The Bertz CT molecular complexity index is 551. The van der Waals surface area contributed by atoms with Crippen molar-refractivity contribution >= 4 is 29.2 Å². The molecular formula is C13H12Cl2F3NO2. The van der Waals surface area contributed by atoms with Gasteiger partial charge in [0.1, 0.15) is 0 Å². The normalized spacial score (nSPS) is 23.5.